The monoisotopic (exact) mass is 531 g/mol. The zero-order valence-electron chi connectivity index (χ0n) is 20.9. The van der Waals surface area contributed by atoms with Crippen molar-refractivity contribution in [2.75, 3.05) is 20.0 Å². The van der Waals surface area contributed by atoms with E-state index in [0.717, 1.165) is 16.8 Å². The highest BCUT2D eigenvalue weighted by Crippen LogP contribution is 2.34. The molecular weight excluding hydrogens is 506 g/mol. The maximum absolute atomic E-state index is 12.5. The van der Waals surface area contributed by atoms with E-state index < -0.39 is 5.97 Å². The molecule has 0 unspecified atom stereocenters. The molecule has 10 nitrogen and oxygen atoms in total. The summed E-state index contributed by atoms with van der Waals surface area (Å²) < 4.78 is 12.7. The van der Waals surface area contributed by atoms with Crippen LogP contribution in [0.2, 0.25) is 0 Å². The van der Waals surface area contributed by atoms with Crippen molar-refractivity contribution in [3.8, 4) is 28.6 Å². The number of benzene rings is 3. The van der Waals surface area contributed by atoms with Crippen molar-refractivity contribution in [1.82, 2.24) is 20.2 Å². The number of aromatic nitrogens is 3. The van der Waals surface area contributed by atoms with Crippen molar-refractivity contribution in [1.29, 1.82) is 0 Å². The van der Waals surface area contributed by atoms with Gasteiger partial charge in [0.15, 0.2) is 22.5 Å². The molecule has 0 aliphatic heterocycles. The molecule has 0 spiro atoms. The number of carbonyl (C=O) groups is 2. The second kappa shape index (κ2) is 12.1. The number of aromatic carboxylic acids is 1. The van der Waals surface area contributed by atoms with E-state index in [-0.39, 0.29) is 17.2 Å². The van der Waals surface area contributed by atoms with Gasteiger partial charge in [-0.15, -0.1) is 10.2 Å². The van der Waals surface area contributed by atoms with Gasteiger partial charge < -0.3 is 14.6 Å². The van der Waals surface area contributed by atoms with E-state index in [2.05, 4.69) is 20.7 Å². The molecule has 0 aliphatic rings. The summed E-state index contributed by atoms with van der Waals surface area (Å²) in [6.45, 7) is 2.01. The molecule has 0 bridgehead atoms. The number of rotatable bonds is 10. The first-order valence-corrected chi connectivity index (χ1v) is 12.4. The molecule has 0 saturated heterocycles. The average molecular weight is 532 g/mol. The highest BCUT2D eigenvalue weighted by molar-refractivity contribution is 7.99. The maximum atomic E-state index is 12.5. The topological polar surface area (TPSA) is 128 Å². The number of carboxylic acids is 1. The van der Waals surface area contributed by atoms with Crippen molar-refractivity contribution in [3.63, 3.8) is 0 Å². The lowest BCUT2D eigenvalue weighted by Crippen LogP contribution is -2.20. The highest BCUT2D eigenvalue weighted by Gasteiger charge is 2.19. The number of hydrogen-bond acceptors (Lipinski definition) is 8. The van der Waals surface area contributed by atoms with E-state index in [1.54, 1.807) is 32.4 Å². The molecule has 0 atom stereocenters. The Labute approximate surface area is 223 Å². The van der Waals surface area contributed by atoms with Crippen LogP contribution in [0.25, 0.3) is 17.1 Å². The third-order valence-electron chi connectivity index (χ3n) is 5.46. The standard InChI is InChI=1S/C27H25N5O5S/c1-17-4-11-21(12-5-17)32-25(20-10-13-22(36-2)23(14-20)37-3)30-31-27(32)38-16-24(33)29-28-15-18-6-8-19(9-7-18)26(34)35/h4-15H,16H2,1-3H3,(H,29,33)(H,34,35). The number of amides is 1. The Balaban J connectivity index is 1.52. The molecule has 1 aromatic heterocycles. The van der Waals surface area contributed by atoms with Crippen LogP contribution in [-0.4, -0.2) is 57.9 Å². The zero-order chi connectivity index (χ0) is 27.1. The summed E-state index contributed by atoms with van der Waals surface area (Å²) in [4.78, 5) is 23.4. The quantitative estimate of drug-likeness (QED) is 0.177. The SMILES string of the molecule is COc1ccc(-c2nnc(SCC(=O)NN=Cc3ccc(C(=O)O)cc3)n2-c2ccc(C)cc2)cc1OC. The Morgan fingerprint density at radius 1 is 1.00 bits per heavy atom. The lowest BCUT2D eigenvalue weighted by atomic mass is 10.1. The largest absolute Gasteiger partial charge is 0.493 e. The summed E-state index contributed by atoms with van der Waals surface area (Å²) in [6.07, 6.45) is 1.44. The number of nitrogens with zero attached hydrogens (tertiary/aromatic N) is 4. The van der Waals surface area contributed by atoms with Crippen molar-refractivity contribution >= 4 is 29.9 Å². The first kappa shape index (κ1) is 26.4. The van der Waals surface area contributed by atoms with E-state index in [1.807, 2.05) is 47.9 Å². The third kappa shape index (κ3) is 6.19. The van der Waals surface area contributed by atoms with Crippen LogP contribution in [0, 0.1) is 6.92 Å². The molecule has 2 N–H and O–H groups in total. The van der Waals surface area contributed by atoms with Crippen LogP contribution in [0.1, 0.15) is 21.5 Å². The number of aryl methyl sites for hydroxylation is 1. The van der Waals surface area contributed by atoms with Gasteiger partial charge in [-0.25, -0.2) is 10.2 Å². The van der Waals surface area contributed by atoms with E-state index in [1.165, 1.54) is 30.1 Å². The Hall–Kier alpha value is -4.64. The first-order chi connectivity index (χ1) is 18.4. The van der Waals surface area contributed by atoms with Crippen LogP contribution in [0.5, 0.6) is 11.5 Å². The second-order valence-corrected chi connectivity index (χ2v) is 9.00. The predicted molar refractivity (Wildman–Crippen MR) is 144 cm³/mol. The number of nitrogens with one attached hydrogen (secondary N) is 1. The molecular formula is C27H25N5O5S. The summed E-state index contributed by atoms with van der Waals surface area (Å²) in [5.41, 5.74) is 6.03. The number of ether oxygens (including phenoxy) is 2. The average Bonchev–Trinajstić information content (AvgIpc) is 3.36. The van der Waals surface area contributed by atoms with Crippen LogP contribution < -0.4 is 14.9 Å². The molecule has 194 valence electrons. The van der Waals surface area contributed by atoms with Crippen LogP contribution in [-0.2, 0) is 4.79 Å². The summed E-state index contributed by atoms with van der Waals surface area (Å²) in [7, 11) is 3.14. The smallest absolute Gasteiger partial charge is 0.335 e. The van der Waals surface area contributed by atoms with Crippen LogP contribution >= 0.6 is 11.8 Å². The van der Waals surface area contributed by atoms with Crippen molar-refractivity contribution in [2.45, 2.75) is 12.1 Å². The fraction of sp³-hybridized carbons (Fsp3) is 0.148. The molecule has 4 aromatic rings. The van der Waals surface area contributed by atoms with Gasteiger partial charge in [-0.05, 0) is 55.0 Å². The molecule has 4 rings (SSSR count). The summed E-state index contributed by atoms with van der Waals surface area (Å²) in [6, 6.07) is 19.6. The predicted octanol–water partition coefficient (Wildman–Crippen LogP) is 4.20. The molecule has 38 heavy (non-hydrogen) atoms. The van der Waals surface area contributed by atoms with E-state index in [4.69, 9.17) is 14.6 Å². The Morgan fingerprint density at radius 3 is 2.37 bits per heavy atom. The van der Waals surface area contributed by atoms with Crippen molar-refractivity contribution in [2.24, 2.45) is 5.10 Å². The summed E-state index contributed by atoms with van der Waals surface area (Å²) in [5, 5.41) is 22.2. The summed E-state index contributed by atoms with van der Waals surface area (Å²) >= 11 is 1.22. The third-order valence-corrected chi connectivity index (χ3v) is 6.39. The van der Waals surface area contributed by atoms with Crippen LogP contribution in [0.3, 0.4) is 0 Å². The molecule has 1 amide bonds. The van der Waals surface area contributed by atoms with Gasteiger partial charge >= 0.3 is 5.97 Å². The van der Waals surface area contributed by atoms with Gasteiger partial charge in [0.2, 0.25) is 0 Å². The van der Waals surface area contributed by atoms with Crippen molar-refractivity contribution in [3.05, 3.63) is 83.4 Å². The van der Waals surface area contributed by atoms with E-state index >= 15 is 0 Å². The number of carboxylic acid groups (broad SMARTS) is 1. The molecule has 0 radical (unpaired) electrons. The summed E-state index contributed by atoms with van der Waals surface area (Å²) in [5.74, 6) is 0.451. The van der Waals surface area contributed by atoms with Gasteiger partial charge in [0.25, 0.3) is 5.91 Å². The zero-order valence-corrected chi connectivity index (χ0v) is 21.7. The Kier molecular flexibility index (Phi) is 8.39. The molecule has 3 aromatic carbocycles. The molecule has 0 fully saturated rings. The van der Waals surface area contributed by atoms with E-state index in [9.17, 15) is 9.59 Å². The second-order valence-electron chi connectivity index (χ2n) is 8.06. The lowest BCUT2D eigenvalue weighted by molar-refractivity contribution is -0.118. The maximum Gasteiger partial charge on any atom is 0.335 e. The van der Waals surface area contributed by atoms with Crippen molar-refractivity contribution < 1.29 is 24.2 Å². The number of thioether (sulfide) groups is 1. The normalized spacial score (nSPS) is 10.9. The lowest BCUT2D eigenvalue weighted by Gasteiger charge is -2.12. The van der Waals surface area contributed by atoms with Crippen LogP contribution in [0.4, 0.5) is 0 Å². The van der Waals surface area contributed by atoms with Gasteiger partial charge in [0.05, 0.1) is 31.8 Å². The minimum Gasteiger partial charge on any atom is -0.493 e. The number of hydrogen-bond donors (Lipinski definition) is 2. The Morgan fingerprint density at radius 2 is 1.71 bits per heavy atom. The van der Waals surface area contributed by atoms with Gasteiger partial charge in [-0.2, -0.15) is 5.10 Å². The van der Waals surface area contributed by atoms with Gasteiger partial charge in [0, 0.05) is 11.3 Å². The van der Waals surface area contributed by atoms with Gasteiger partial charge in [-0.1, -0.05) is 41.6 Å². The Bertz CT molecular complexity index is 1470. The van der Waals surface area contributed by atoms with Crippen LogP contribution in [0.15, 0.2) is 77.0 Å². The molecule has 1 heterocycles. The number of methoxy groups -OCH3 is 2. The minimum atomic E-state index is -1.01. The molecule has 0 saturated carbocycles. The fourth-order valence-electron chi connectivity index (χ4n) is 3.51. The fourth-order valence-corrected chi connectivity index (χ4v) is 4.25. The van der Waals surface area contributed by atoms with E-state index in [0.29, 0.717) is 28.0 Å². The van der Waals surface area contributed by atoms with Gasteiger partial charge in [0.1, 0.15) is 0 Å². The molecule has 0 aliphatic carbocycles. The number of hydrazone groups is 1. The first-order valence-electron chi connectivity index (χ1n) is 11.4. The molecule has 11 heteroatoms. The van der Waals surface area contributed by atoms with Gasteiger partial charge in [-0.3, -0.25) is 9.36 Å². The highest BCUT2D eigenvalue weighted by atomic mass is 32.2. The number of carbonyl (C=O) groups excluding carboxylic acids is 1. The minimum absolute atomic E-state index is 0.0468.